The van der Waals surface area contributed by atoms with Crippen LogP contribution in [0.3, 0.4) is 0 Å². The Morgan fingerprint density at radius 1 is 1.21 bits per heavy atom. The standard InChI is InChI=1S/C25H26N4O2S2/c1-3-21-20-11-14-32-22(20)10-12-28(21)23(30)16-33-25-27-26-24(19-9-5-4-7-17(19)2)29(25)15-18-8-6-13-31-18/h4-9,11,13-14,21H,3,10,12,15-16H2,1-2H3. The Labute approximate surface area is 201 Å². The number of rotatable bonds is 7. The van der Waals surface area contributed by atoms with Crippen molar-refractivity contribution in [3.8, 4) is 11.4 Å². The molecular weight excluding hydrogens is 452 g/mol. The van der Waals surface area contributed by atoms with Crippen molar-refractivity contribution in [1.29, 1.82) is 0 Å². The molecule has 1 atom stereocenters. The monoisotopic (exact) mass is 478 g/mol. The molecule has 33 heavy (non-hydrogen) atoms. The second-order valence-corrected chi connectivity index (χ2v) is 10.1. The number of nitrogens with zero attached hydrogens (tertiary/aromatic N) is 4. The third-order valence-corrected chi connectivity index (χ3v) is 8.07. The van der Waals surface area contributed by atoms with Gasteiger partial charge in [-0.15, -0.1) is 21.5 Å². The van der Waals surface area contributed by atoms with E-state index in [-0.39, 0.29) is 11.9 Å². The predicted octanol–water partition coefficient (Wildman–Crippen LogP) is 5.58. The zero-order valence-corrected chi connectivity index (χ0v) is 20.4. The average Bonchev–Trinajstić information content (AvgIpc) is 3.59. The van der Waals surface area contributed by atoms with Gasteiger partial charge in [0.1, 0.15) is 5.76 Å². The van der Waals surface area contributed by atoms with Crippen LogP contribution in [0.25, 0.3) is 11.4 Å². The minimum atomic E-state index is 0.147. The Morgan fingerprint density at radius 3 is 2.88 bits per heavy atom. The van der Waals surface area contributed by atoms with Gasteiger partial charge < -0.3 is 9.32 Å². The molecule has 5 rings (SSSR count). The number of aryl methyl sites for hydroxylation is 1. The fourth-order valence-corrected chi connectivity index (χ4v) is 6.22. The highest BCUT2D eigenvalue weighted by atomic mass is 32.2. The van der Waals surface area contributed by atoms with Crippen molar-refractivity contribution < 1.29 is 9.21 Å². The third kappa shape index (κ3) is 4.37. The summed E-state index contributed by atoms with van der Waals surface area (Å²) in [5.74, 6) is 2.09. The Balaban J connectivity index is 1.38. The molecule has 170 valence electrons. The minimum absolute atomic E-state index is 0.147. The van der Waals surface area contributed by atoms with Crippen molar-refractivity contribution in [3.05, 3.63) is 75.9 Å². The van der Waals surface area contributed by atoms with Crippen LogP contribution in [0.1, 0.15) is 41.2 Å². The molecule has 4 heterocycles. The molecular formula is C25H26N4O2S2. The number of thiophene rings is 1. The number of carbonyl (C=O) groups excluding carboxylic acids is 1. The van der Waals surface area contributed by atoms with E-state index in [0.29, 0.717) is 12.3 Å². The molecule has 0 bridgehead atoms. The maximum atomic E-state index is 13.3. The molecule has 4 aromatic rings. The Morgan fingerprint density at radius 2 is 2.09 bits per heavy atom. The second kappa shape index (κ2) is 9.57. The van der Waals surface area contributed by atoms with Gasteiger partial charge in [0.25, 0.3) is 0 Å². The molecule has 0 fully saturated rings. The second-order valence-electron chi connectivity index (χ2n) is 8.14. The van der Waals surface area contributed by atoms with Crippen LogP contribution in [0.15, 0.2) is 63.7 Å². The smallest absolute Gasteiger partial charge is 0.233 e. The van der Waals surface area contributed by atoms with E-state index < -0.39 is 0 Å². The quantitative estimate of drug-likeness (QED) is 0.324. The molecule has 6 nitrogen and oxygen atoms in total. The number of furan rings is 1. The maximum Gasteiger partial charge on any atom is 0.233 e. The number of hydrogen-bond donors (Lipinski definition) is 0. The van der Waals surface area contributed by atoms with Crippen molar-refractivity contribution >= 4 is 29.0 Å². The van der Waals surface area contributed by atoms with E-state index in [9.17, 15) is 4.79 Å². The van der Waals surface area contributed by atoms with E-state index in [2.05, 4.69) is 47.6 Å². The lowest BCUT2D eigenvalue weighted by Crippen LogP contribution is -2.40. The van der Waals surface area contributed by atoms with Gasteiger partial charge in [0.15, 0.2) is 11.0 Å². The summed E-state index contributed by atoms with van der Waals surface area (Å²) in [5.41, 5.74) is 3.47. The van der Waals surface area contributed by atoms with Crippen molar-refractivity contribution in [2.45, 2.75) is 44.4 Å². The zero-order valence-electron chi connectivity index (χ0n) is 18.7. The van der Waals surface area contributed by atoms with Crippen molar-refractivity contribution in [2.24, 2.45) is 0 Å². The van der Waals surface area contributed by atoms with Gasteiger partial charge in [-0.1, -0.05) is 43.0 Å². The average molecular weight is 479 g/mol. The largest absolute Gasteiger partial charge is 0.467 e. The molecule has 8 heteroatoms. The third-order valence-electron chi connectivity index (χ3n) is 6.12. The molecule has 1 aromatic carbocycles. The normalized spacial score (nSPS) is 15.6. The van der Waals surface area contributed by atoms with Gasteiger partial charge in [0.2, 0.25) is 5.91 Å². The number of aromatic nitrogens is 3. The highest BCUT2D eigenvalue weighted by molar-refractivity contribution is 7.99. The molecule has 1 aliphatic heterocycles. The SMILES string of the molecule is CCC1c2ccsc2CCN1C(=O)CSc1nnc(-c2ccccc2C)n1Cc1ccco1. The Bertz CT molecular complexity index is 1250. The highest BCUT2D eigenvalue weighted by Gasteiger charge is 2.30. The van der Waals surface area contributed by atoms with Crippen LogP contribution in [-0.2, 0) is 17.8 Å². The molecule has 0 aliphatic carbocycles. The molecule has 1 amide bonds. The zero-order chi connectivity index (χ0) is 22.8. The molecule has 0 N–H and O–H groups in total. The van der Waals surface area contributed by atoms with Crippen LogP contribution in [0.5, 0.6) is 0 Å². The van der Waals surface area contributed by atoms with Gasteiger partial charge >= 0.3 is 0 Å². The van der Waals surface area contributed by atoms with E-state index in [1.165, 1.54) is 22.2 Å². The number of hydrogen-bond acceptors (Lipinski definition) is 6. The summed E-state index contributed by atoms with van der Waals surface area (Å²) in [6, 6.07) is 14.3. The first-order valence-corrected chi connectivity index (χ1v) is 13.0. The molecule has 0 saturated carbocycles. The fraction of sp³-hybridized carbons (Fsp3) is 0.320. The summed E-state index contributed by atoms with van der Waals surface area (Å²) in [6.45, 7) is 5.51. The number of benzene rings is 1. The van der Waals surface area contributed by atoms with Crippen molar-refractivity contribution in [1.82, 2.24) is 19.7 Å². The van der Waals surface area contributed by atoms with Gasteiger partial charge in [-0.05, 0) is 54.5 Å². The summed E-state index contributed by atoms with van der Waals surface area (Å²) >= 11 is 3.25. The number of thioether (sulfide) groups is 1. The van der Waals surface area contributed by atoms with Crippen LogP contribution in [0.2, 0.25) is 0 Å². The predicted molar refractivity (Wildman–Crippen MR) is 131 cm³/mol. The topological polar surface area (TPSA) is 64.2 Å². The van der Waals surface area contributed by atoms with E-state index in [1.54, 1.807) is 17.6 Å². The van der Waals surface area contributed by atoms with Gasteiger partial charge in [-0.2, -0.15) is 0 Å². The van der Waals surface area contributed by atoms with Gasteiger partial charge in [-0.25, -0.2) is 0 Å². The molecule has 0 spiro atoms. The Kier molecular flexibility index (Phi) is 6.37. The molecule has 1 aliphatic rings. The van der Waals surface area contributed by atoms with E-state index in [0.717, 1.165) is 47.3 Å². The number of carbonyl (C=O) groups is 1. The molecule has 0 radical (unpaired) electrons. The summed E-state index contributed by atoms with van der Waals surface area (Å²) in [7, 11) is 0. The van der Waals surface area contributed by atoms with Crippen LogP contribution in [-0.4, -0.2) is 37.9 Å². The summed E-state index contributed by atoms with van der Waals surface area (Å²) in [6.07, 6.45) is 3.53. The lowest BCUT2D eigenvalue weighted by Gasteiger charge is -2.35. The lowest BCUT2D eigenvalue weighted by atomic mass is 9.98. The highest BCUT2D eigenvalue weighted by Crippen LogP contribution is 2.36. The van der Waals surface area contributed by atoms with Gasteiger partial charge in [-0.3, -0.25) is 9.36 Å². The first-order chi connectivity index (χ1) is 16.2. The first kappa shape index (κ1) is 22.0. The van der Waals surface area contributed by atoms with Crippen LogP contribution in [0.4, 0.5) is 0 Å². The molecule has 1 unspecified atom stereocenters. The molecule has 3 aromatic heterocycles. The fourth-order valence-electron chi connectivity index (χ4n) is 4.46. The molecule has 0 saturated heterocycles. The van der Waals surface area contributed by atoms with E-state index in [4.69, 9.17) is 4.42 Å². The van der Waals surface area contributed by atoms with Gasteiger partial charge in [0.05, 0.1) is 24.6 Å². The first-order valence-electron chi connectivity index (χ1n) is 11.2. The minimum Gasteiger partial charge on any atom is -0.467 e. The van der Waals surface area contributed by atoms with E-state index in [1.807, 2.05) is 33.7 Å². The van der Waals surface area contributed by atoms with Crippen LogP contribution >= 0.6 is 23.1 Å². The van der Waals surface area contributed by atoms with Crippen molar-refractivity contribution in [2.75, 3.05) is 12.3 Å². The number of fused-ring (bicyclic) bond motifs is 1. The Hall–Kier alpha value is -2.84. The van der Waals surface area contributed by atoms with E-state index >= 15 is 0 Å². The summed E-state index contributed by atoms with van der Waals surface area (Å²) in [4.78, 5) is 16.7. The number of amides is 1. The maximum absolute atomic E-state index is 13.3. The van der Waals surface area contributed by atoms with Crippen LogP contribution in [0, 0.1) is 6.92 Å². The lowest BCUT2D eigenvalue weighted by molar-refractivity contribution is -0.131. The summed E-state index contributed by atoms with van der Waals surface area (Å²) in [5, 5.41) is 11.8. The van der Waals surface area contributed by atoms with Crippen LogP contribution < -0.4 is 0 Å². The van der Waals surface area contributed by atoms with Gasteiger partial charge in [0, 0.05) is 17.0 Å². The summed E-state index contributed by atoms with van der Waals surface area (Å²) < 4.78 is 7.64. The van der Waals surface area contributed by atoms with Crippen molar-refractivity contribution in [3.63, 3.8) is 0 Å².